The Bertz CT molecular complexity index is 1320. The molecule has 0 bridgehead atoms. The van der Waals surface area contributed by atoms with Gasteiger partial charge >= 0.3 is 5.97 Å². The van der Waals surface area contributed by atoms with Gasteiger partial charge in [-0.15, -0.1) is 0 Å². The van der Waals surface area contributed by atoms with Gasteiger partial charge in [0, 0.05) is 17.3 Å². The van der Waals surface area contributed by atoms with Gasteiger partial charge in [0.1, 0.15) is 0 Å². The molecule has 0 radical (unpaired) electrons. The van der Waals surface area contributed by atoms with Gasteiger partial charge in [-0.1, -0.05) is 48.6 Å². The van der Waals surface area contributed by atoms with Gasteiger partial charge < -0.3 is 10.4 Å². The molecule has 0 saturated carbocycles. The first kappa shape index (κ1) is 20.3. The van der Waals surface area contributed by atoms with Crippen LogP contribution in [0.1, 0.15) is 39.9 Å². The quantitative estimate of drug-likeness (QED) is 0.479. The Kier molecular flexibility index (Phi) is 4.98. The second-order valence-electron chi connectivity index (χ2n) is 8.09. The molecule has 1 heterocycles. The molecule has 0 spiro atoms. The van der Waals surface area contributed by atoms with Crippen molar-refractivity contribution >= 4 is 27.4 Å². The van der Waals surface area contributed by atoms with Crippen molar-refractivity contribution in [1.29, 1.82) is 0 Å². The van der Waals surface area contributed by atoms with Gasteiger partial charge in [-0.05, 0) is 59.9 Å². The summed E-state index contributed by atoms with van der Waals surface area (Å²) in [5, 5.41) is 13.2. The number of para-hydroxylation sites is 1. The topological polar surface area (TPSA) is 95.5 Å². The first-order valence-corrected chi connectivity index (χ1v) is 11.9. The van der Waals surface area contributed by atoms with E-state index in [1.165, 1.54) is 0 Å². The van der Waals surface area contributed by atoms with Crippen molar-refractivity contribution in [2.24, 2.45) is 5.92 Å². The number of anilines is 2. The van der Waals surface area contributed by atoms with Crippen LogP contribution < -0.4 is 10.0 Å². The van der Waals surface area contributed by atoms with E-state index >= 15 is 0 Å². The number of hydrogen-bond donors (Lipinski definition) is 3. The average molecular weight is 447 g/mol. The first-order chi connectivity index (χ1) is 15.4. The molecule has 1 aliphatic heterocycles. The van der Waals surface area contributed by atoms with Gasteiger partial charge in [0.15, 0.2) is 0 Å². The molecule has 0 amide bonds. The molecule has 0 fully saturated rings. The molecular formula is C25H22N2O4S. The molecule has 3 atom stereocenters. The van der Waals surface area contributed by atoms with Crippen LogP contribution in [0, 0.1) is 5.92 Å². The lowest BCUT2D eigenvalue weighted by molar-refractivity contribution is 0.0694. The number of allylic oxidation sites excluding steroid dienone is 2. The SMILES string of the molecule is O=C(O)c1ccccc1[C@H]1Nc2ccc(S(=O)(=O)Nc3ccccc3)cc2[C@H]2C=CC[C@H]21. The van der Waals surface area contributed by atoms with Crippen LogP contribution in [0.15, 0.2) is 89.8 Å². The maximum atomic E-state index is 13.0. The number of carbonyl (C=O) groups is 1. The molecule has 0 aromatic heterocycles. The molecule has 32 heavy (non-hydrogen) atoms. The second-order valence-corrected chi connectivity index (χ2v) is 9.77. The summed E-state index contributed by atoms with van der Waals surface area (Å²) in [6.07, 6.45) is 4.97. The van der Waals surface area contributed by atoms with Gasteiger partial charge in [-0.3, -0.25) is 4.72 Å². The van der Waals surface area contributed by atoms with E-state index in [4.69, 9.17) is 0 Å². The summed E-state index contributed by atoms with van der Waals surface area (Å²) in [4.78, 5) is 12.0. The van der Waals surface area contributed by atoms with E-state index in [1.807, 2.05) is 18.2 Å². The maximum absolute atomic E-state index is 13.0. The van der Waals surface area contributed by atoms with Gasteiger partial charge in [0.2, 0.25) is 0 Å². The fourth-order valence-electron chi connectivity index (χ4n) is 4.73. The molecule has 6 nitrogen and oxygen atoms in total. The van der Waals surface area contributed by atoms with Crippen LogP contribution in [0.5, 0.6) is 0 Å². The summed E-state index contributed by atoms with van der Waals surface area (Å²) in [6.45, 7) is 0. The largest absolute Gasteiger partial charge is 0.478 e. The Morgan fingerprint density at radius 1 is 0.969 bits per heavy atom. The fourth-order valence-corrected chi connectivity index (χ4v) is 5.82. The highest BCUT2D eigenvalue weighted by atomic mass is 32.2. The zero-order valence-corrected chi connectivity index (χ0v) is 17.9. The van der Waals surface area contributed by atoms with Crippen molar-refractivity contribution in [3.05, 3.63) is 102 Å². The van der Waals surface area contributed by atoms with Crippen molar-refractivity contribution in [2.45, 2.75) is 23.3 Å². The first-order valence-electron chi connectivity index (χ1n) is 10.4. The van der Waals surface area contributed by atoms with Gasteiger partial charge in [-0.2, -0.15) is 0 Å². The van der Waals surface area contributed by atoms with E-state index in [0.29, 0.717) is 5.69 Å². The minimum absolute atomic E-state index is 0.00461. The highest BCUT2D eigenvalue weighted by Gasteiger charge is 2.39. The second kappa shape index (κ2) is 7.84. The van der Waals surface area contributed by atoms with Crippen LogP contribution in [-0.4, -0.2) is 19.5 Å². The summed E-state index contributed by atoms with van der Waals surface area (Å²) < 4.78 is 28.6. The standard InChI is InChI=1S/C25H22N2O4S/c28-25(29)21-10-5-4-9-20(21)24-19-12-6-11-18(19)22-15-17(13-14-23(22)26-24)32(30,31)27-16-7-2-1-3-8-16/h1-11,13-15,18-19,24,26-27H,12H2,(H,28,29)/t18-,19+,24-/m0/s1. The van der Waals surface area contributed by atoms with E-state index in [2.05, 4.69) is 22.2 Å². The lowest BCUT2D eigenvalue weighted by Gasteiger charge is -2.38. The van der Waals surface area contributed by atoms with E-state index in [0.717, 1.165) is 23.2 Å². The molecule has 2 aliphatic rings. The monoisotopic (exact) mass is 446 g/mol. The van der Waals surface area contributed by atoms with Crippen molar-refractivity contribution in [3.63, 3.8) is 0 Å². The number of hydrogen-bond acceptors (Lipinski definition) is 4. The molecule has 162 valence electrons. The van der Waals surface area contributed by atoms with Crippen LogP contribution in [0.4, 0.5) is 11.4 Å². The maximum Gasteiger partial charge on any atom is 0.336 e. The summed E-state index contributed by atoms with van der Waals surface area (Å²) in [7, 11) is -3.74. The number of sulfonamides is 1. The third kappa shape index (κ3) is 3.54. The fraction of sp³-hybridized carbons (Fsp3) is 0.160. The molecule has 3 N–H and O–H groups in total. The Morgan fingerprint density at radius 3 is 2.50 bits per heavy atom. The van der Waals surface area contributed by atoms with Crippen LogP contribution in [-0.2, 0) is 10.0 Å². The Labute approximate surface area is 186 Å². The van der Waals surface area contributed by atoms with Crippen molar-refractivity contribution in [1.82, 2.24) is 0 Å². The van der Waals surface area contributed by atoms with Crippen molar-refractivity contribution in [2.75, 3.05) is 10.0 Å². The summed E-state index contributed by atoms with van der Waals surface area (Å²) >= 11 is 0. The van der Waals surface area contributed by atoms with E-state index in [1.54, 1.807) is 54.6 Å². The minimum atomic E-state index is -3.74. The molecule has 3 aromatic rings. The van der Waals surface area contributed by atoms with Crippen LogP contribution >= 0.6 is 0 Å². The number of rotatable bonds is 5. The minimum Gasteiger partial charge on any atom is -0.478 e. The average Bonchev–Trinajstić information content (AvgIpc) is 3.29. The zero-order valence-electron chi connectivity index (χ0n) is 17.1. The summed E-state index contributed by atoms with van der Waals surface area (Å²) in [5.74, 6) is -0.850. The molecule has 3 aromatic carbocycles. The Hall–Kier alpha value is -3.58. The number of benzene rings is 3. The van der Waals surface area contributed by atoms with Crippen LogP contribution in [0.25, 0.3) is 0 Å². The van der Waals surface area contributed by atoms with Gasteiger partial charge in [0.05, 0.1) is 16.5 Å². The summed E-state index contributed by atoms with van der Waals surface area (Å²) in [6, 6.07) is 20.7. The normalized spacial score (nSPS) is 21.3. The smallest absolute Gasteiger partial charge is 0.336 e. The Balaban J connectivity index is 1.52. The van der Waals surface area contributed by atoms with E-state index in [-0.39, 0.29) is 28.3 Å². The number of nitrogens with one attached hydrogen (secondary N) is 2. The third-order valence-corrected chi connectivity index (χ3v) is 7.58. The predicted molar refractivity (Wildman–Crippen MR) is 123 cm³/mol. The molecular weight excluding hydrogens is 424 g/mol. The number of carboxylic acid groups (broad SMARTS) is 1. The number of aromatic carboxylic acids is 1. The van der Waals surface area contributed by atoms with Crippen molar-refractivity contribution in [3.8, 4) is 0 Å². The molecule has 0 unspecified atom stereocenters. The van der Waals surface area contributed by atoms with E-state index < -0.39 is 16.0 Å². The highest BCUT2D eigenvalue weighted by Crippen LogP contribution is 2.50. The molecule has 1 aliphatic carbocycles. The van der Waals surface area contributed by atoms with Gasteiger partial charge in [0.25, 0.3) is 10.0 Å². The van der Waals surface area contributed by atoms with Crippen molar-refractivity contribution < 1.29 is 18.3 Å². The number of carboxylic acids is 1. The molecule has 5 rings (SSSR count). The third-order valence-electron chi connectivity index (χ3n) is 6.20. The lowest BCUT2D eigenvalue weighted by atomic mass is 9.76. The van der Waals surface area contributed by atoms with Crippen LogP contribution in [0.3, 0.4) is 0 Å². The lowest BCUT2D eigenvalue weighted by Crippen LogP contribution is -2.30. The predicted octanol–water partition coefficient (Wildman–Crippen LogP) is 5.01. The van der Waals surface area contributed by atoms with Gasteiger partial charge in [-0.25, -0.2) is 13.2 Å². The Morgan fingerprint density at radius 2 is 1.72 bits per heavy atom. The van der Waals surface area contributed by atoms with E-state index in [9.17, 15) is 18.3 Å². The molecule has 7 heteroatoms. The molecule has 0 saturated heterocycles. The van der Waals surface area contributed by atoms with Crippen LogP contribution in [0.2, 0.25) is 0 Å². The highest BCUT2D eigenvalue weighted by molar-refractivity contribution is 7.92. The number of fused-ring (bicyclic) bond motifs is 3. The summed E-state index contributed by atoms with van der Waals surface area (Å²) in [5.41, 5.74) is 3.26. The zero-order chi connectivity index (χ0) is 22.3.